The van der Waals surface area contributed by atoms with E-state index in [4.69, 9.17) is 16.1 Å². The number of piperazine rings is 1. The lowest BCUT2D eigenvalue weighted by Gasteiger charge is -2.33. The highest BCUT2D eigenvalue weighted by atomic mass is 35.5. The fourth-order valence-corrected chi connectivity index (χ4v) is 5.51. The second-order valence-corrected chi connectivity index (χ2v) is 9.43. The molecule has 1 amide bonds. The molecule has 0 spiro atoms. The van der Waals surface area contributed by atoms with Crippen LogP contribution in [0, 0.1) is 13.8 Å². The molecule has 29 heavy (non-hydrogen) atoms. The van der Waals surface area contributed by atoms with Crippen molar-refractivity contribution in [1.82, 2.24) is 19.7 Å². The summed E-state index contributed by atoms with van der Waals surface area (Å²) in [5.41, 5.74) is 1.22. The van der Waals surface area contributed by atoms with Gasteiger partial charge in [-0.2, -0.15) is 4.31 Å². The van der Waals surface area contributed by atoms with E-state index < -0.39 is 10.0 Å². The molecule has 0 bridgehead atoms. The molecule has 158 valence electrons. The van der Waals surface area contributed by atoms with Crippen molar-refractivity contribution >= 4 is 27.5 Å². The largest absolute Gasteiger partial charge is 0.360 e. The van der Waals surface area contributed by atoms with Crippen molar-refractivity contribution in [3.05, 3.63) is 46.3 Å². The Morgan fingerprint density at radius 2 is 1.90 bits per heavy atom. The average molecular weight is 441 g/mol. The zero-order valence-electron chi connectivity index (χ0n) is 16.7. The highest BCUT2D eigenvalue weighted by molar-refractivity contribution is 7.89. The third-order valence-corrected chi connectivity index (χ3v) is 7.50. The molecular formula is C19H25ClN4O4S. The van der Waals surface area contributed by atoms with Gasteiger partial charge in [0.15, 0.2) is 5.76 Å². The molecule has 2 aromatic rings. The predicted molar refractivity (Wildman–Crippen MR) is 109 cm³/mol. The zero-order valence-corrected chi connectivity index (χ0v) is 18.3. The van der Waals surface area contributed by atoms with Gasteiger partial charge in [-0.3, -0.25) is 9.69 Å². The van der Waals surface area contributed by atoms with Crippen LogP contribution < -0.4 is 5.32 Å². The van der Waals surface area contributed by atoms with Crippen LogP contribution in [-0.2, 0) is 14.8 Å². The highest BCUT2D eigenvalue weighted by Crippen LogP contribution is 2.24. The summed E-state index contributed by atoms with van der Waals surface area (Å²) in [6.45, 7) is 6.84. The van der Waals surface area contributed by atoms with Gasteiger partial charge in [-0.25, -0.2) is 8.42 Å². The zero-order chi connectivity index (χ0) is 21.2. The Morgan fingerprint density at radius 1 is 1.24 bits per heavy atom. The first-order valence-electron chi connectivity index (χ1n) is 9.39. The molecule has 1 aliphatic rings. The normalized spacial score (nSPS) is 17.2. The molecule has 1 aliphatic heterocycles. The van der Waals surface area contributed by atoms with E-state index in [1.807, 2.05) is 30.0 Å². The number of carbonyl (C=O) groups excluding carboxylic acids is 1. The first-order valence-corrected chi connectivity index (χ1v) is 11.2. The molecule has 10 heteroatoms. The third kappa shape index (κ3) is 4.80. The van der Waals surface area contributed by atoms with Crippen LogP contribution >= 0.6 is 11.6 Å². The van der Waals surface area contributed by atoms with Gasteiger partial charge in [-0.05, 0) is 32.4 Å². The summed E-state index contributed by atoms with van der Waals surface area (Å²) in [6, 6.07) is 7.18. The number of nitrogens with zero attached hydrogens (tertiary/aromatic N) is 3. The van der Waals surface area contributed by atoms with E-state index in [-0.39, 0.29) is 29.1 Å². The van der Waals surface area contributed by atoms with Crippen LogP contribution in [0.15, 0.2) is 33.7 Å². The molecule has 1 aromatic carbocycles. The monoisotopic (exact) mass is 440 g/mol. The van der Waals surface area contributed by atoms with Gasteiger partial charge in [0.2, 0.25) is 15.9 Å². The maximum atomic E-state index is 12.9. The Morgan fingerprint density at radius 3 is 2.48 bits per heavy atom. The Kier molecular flexibility index (Phi) is 6.62. The van der Waals surface area contributed by atoms with Crippen molar-refractivity contribution in [3.8, 4) is 0 Å². The summed E-state index contributed by atoms with van der Waals surface area (Å²) in [5.74, 6) is 0.164. The van der Waals surface area contributed by atoms with Gasteiger partial charge >= 0.3 is 0 Å². The molecule has 1 fully saturated rings. The molecule has 1 N–H and O–H groups in total. The summed E-state index contributed by atoms with van der Waals surface area (Å²) in [4.78, 5) is 14.5. The number of amides is 1. The highest BCUT2D eigenvalue weighted by Gasteiger charge is 2.33. The fourth-order valence-electron chi connectivity index (χ4n) is 3.49. The number of nitrogens with one attached hydrogen (secondary N) is 1. The Bertz CT molecular complexity index is 964. The number of benzene rings is 1. The number of sulfonamides is 1. The number of rotatable bonds is 6. The van der Waals surface area contributed by atoms with E-state index in [2.05, 4.69) is 10.5 Å². The minimum absolute atomic E-state index is 0.126. The van der Waals surface area contributed by atoms with Gasteiger partial charge in [0.25, 0.3) is 0 Å². The van der Waals surface area contributed by atoms with E-state index >= 15 is 0 Å². The standard InChI is InChI=1S/C19H25ClN4O4S/c1-13(16-6-4-5-7-17(16)20)21-18(25)12-23-8-10-24(11-9-23)29(26,27)19-14(2)22-28-15(19)3/h4-7,13H,8-12H2,1-3H3,(H,21,25). The molecular weight excluding hydrogens is 416 g/mol. The smallest absolute Gasteiger partial charge is 0.248 e. The van der Waals surface area contributed by atoms with Crippen molar-refractivity contribution < 1.29 is 17.7 Å². The molecule has 1 saturated heterocycles. The third-order valence-electron chi connectivity index (χ3n) is 5.01. The van der Waals surface area contributed by atoms with Crippen molar-refractivity contribution in [2.24, 2.45) is 0 Å². The van der Waals surface area contributed by atoms with Gasteiger partial charge in [-0.15, -0.1) is 0 Å². The van der Waals surface area contributed by atoms with Gasteiger partial charge in [0.05, 0.1) is 12.6 Å². The molecule has 3 rings (SSSR count). The summed E-state index contributed by atoms with van der Waals surface area (Å²) in [6.07, 6.45) is 0. The summed E-state index contributed by atoms with van der Waals surface area (Å²) in [7, 11) is -3.66. The summed E-state index contributed by atoms with van der Waals surface area (Å²) < 4.78 is 32.2. The summed E-state index contributed by atoms with van der Waals surface area (Å²) >= 11 is 6.18. The van der Waals surface area contributed by atoms with E-state index in [0.29, 0.717) is 36.9 Å². The van der Waals surface area contributed by atoms with Gasteiger partial charge in [-0.1, -0.05) is 35.0 Å². The quantitative estimate of drug-likeness (QED) is 0.739. The van der Waals surface area contributed by atoms with Crippen LogP contribution in [0.3, 0.4) is 0 Å². The second kappa shape index (κ2) is 8.83. The van der Waals surface area contributed by atoms with Crippen LogP contribution in [0.2, 0.25) is 5.02 Å². The van der Waals surface area contributed by atoms with Gasteiger partial charge in [0, 0.05) is 31.2 Å². The average Bonchev–Trinajstić information content (AvgIpc) is 3.01. The van der Waals surface area contributed by atoms with E-state index in [9.17, 15) is 13.2 Å². The maximum absolute atomic E-state index is 12.9. The van der Waals surface area contributed by atoms with Gasteiger partial charge < -0.3 is 9.84 Å². The van der Waals surface area contributed by atoms with E-state index in [1.54, 1.807) is 19.9 Å². The van der Waals surface area contributed by atoms with Crippen LogP contribution in [0.4, 0.5) is 0 Å². The molecule has 0 saturated carbocycles. The number of halogens is 1. The van der Waals surface area contributed by atoms with Crippen molar-refractivity contribution in [2.45, 2.75) is 31.7 Å². The van der Waals surface area contributed by atoms with Crippen molar-refractivity contribution in [1.29, 1.82) is 0 Å². The fraction of sp³-hybridized carbons (Fsp3) is 0.474. The van der Waals surface area contributed by atoms with Gasteiger partial charge in [0.1, 0.15) is 10.6 Å². The van der Waals surface area contributed by atoms with Crippen LogP contribution in [0.25, 0.3) is 0 Å². The predicted octanol–water partition coefficient (Wildman–Crippen LogP) is 2.13. The molecule has 0 aliphatic carbocycles. The number of hydrogen-bond donors (Lipinski definition) is 1. The lowest BCUT2D eigenvalue weighted by molar-refractivity contribution is -0.123. The van der Waals surface area contributed by atoms with Crippen molar-refractivity contribution in [3.63, 3.8) is 0 Å². The summed E-state index contributed by atoms with van der Waals surface area (Å²) in [5, 5.41) is 7.29. The number of carbonyl (C=O) groups is 1. The first kappa shape index (κ1) is 21.8. The van der Waals surface area contributed by atoms with E-state index in [1.165, 1.54) is 4.31 Å². The van der Waals surface area contributed by atoms with E-state index in [0.717, 1.165) is 5.56 Å². The minimum Gasteiger partial charge on any atom is -0.360 e. The lowest BCUT2D eigenvalue weighted by atomic mass is 10.1. The molecule has 1 aromatic heterocycles. The Hall–Kier alpha value is -1.94. The molecule has 1 atom stereocenters. The van der Waals surface area contributed by atoms with Crippen LogP contribution in [0.1, 0.15) is 30.0 Å². The molecule has 2 heterocycles. The number of aromatic nitrogens is 1. The minimum atomic E-state index is -3.66. The Balaban J connectivity index is 1.55. The lowest BCUT2D eigenvalue weighted by Crippen LogP contribution is -2.51. The Labute approximate surface area is 175 Å². The number of aryl methyl sites for hydroxylation is 2. The molecule has 8 nitrogen and oxygen atoms in total. The van der Waals surface area contributed by atoms with Crippen LogP contribution in [0.5, 0.6) is 0 Å². The maximum Gasteiger partial charge on any atom is 0.248 e. The molecule has 0 radical (unpaired) electrons. The van der Waals surface area contributed by atoms with Crippen molar-refractivity contribution in [2.75, 3.05) is 32.7 Å². The second-order valence-electron chi connectivity index (χ2n) is 7.14. The van der Waals surface area contributed by atoms with Crippen LogP contribution in [-0.4, -0.2) is 61.4 Å². The number of hydrogen-bond acceptors (Lipinski definition) is 6. The first-order chi connectivity index (χ1) is 13.7. The topological polar surface area (TPSA) is 95.8 Å². The SMILES string of the molecule is Cc1noc(C)c1S(=O)(=O)N1CCN(CC(=O)NC(C)c2ccccc2Cl)CC1. The molecule has 1 unspecified atom stereocenters.